The van der Waals surface area contributed by atoms with Gasteiger partial charge in [0.1, 0.15) is 24.4 Å². The van der Waals surface area contributed by atoms with Gasteiger partial charge in [-0.15, -0.1) is 0 Å². The van der Waals surface area contributed by atoms with Gasteiger partial charge in [0.2, 0.25) is 5.91 Å². The minimum absolute atomic E-state index is 0.0635. The molecule has 8 unspecified atom stereocenters. The van der Waals surface area contributed by atoms with Gasteiger partial charge in [0, 0.05) is 6.42 Å². The van der Waals surface area contributed by atoms with Crippen LogP contribution in [0.1, 0.15) is 181 Å². The summed E-state index contributed by atoms with van der Waals surface area (Å²) >= 11 is 0. The van der Waals surface area contributed by atoms with E-state index in [0.29, 0.717) is 12.8 Å². The van der Waals surface area contributed by atoms with Crippen molar-refractivity contribution in [1.29, 1.82) is 0 Å². The molecule has 1 heterocycles. The Morgan fingerprint density at radius 1 is 0.577 bits per heavy atom. The van der Waals surface area contributed by atoms with Crippen LogP contribution in [0.15, 0.2) is 122 Å². The van der Waals surface area contributed by atoms with Crippen LogP contribution >= 0.6 is 0 Å². The van der Waals surface area contributed by atoms with Crippen LogP contribution in [-0.2, 0) is 23.8 Å². The Labute approximate surface area is 430 Å². The summed E-state index contributed by atoms with van der Waals surface area (Å²) < 4.78 is 17.5. The Bertz CT molecular complexity index is 1610. The van der Waals surface area contributed by atoms with Gasteiger partial charge in [0.15, 0.2) is 12.4 Å². The van der Waals surface area contributed by atoms with Gasteiger partial charge in [-0.3, -0.25) is 9.59 Å². The van der Waals surface area contributed by atoms with E-state index in [-0.39, 0.29) is 19.4 Å². The van der Waals surface area contributed by atoms with Crippen molar-refractivity contribution in [2.75, 3.05) is 13.2 Å². The summed E-state index contributed by atoms with van der Waals surface area (Å²) in [4.78, 5) is 26.4. The highest BCUT2D eigenvalue weighted by Gasteiger charge is 2.47. The summed E-state index contributed by atoms with van der Waals surface area (Å²) in [6, 6.07) is -1.07. The minimum atomic E-state index is -1.65. The number of allylic oxidation sites excluding steroid dienone is 19. The molecule has 11 heteroatoms. The third-order valence-corrected chi connectivity index (χ3v) is 12.0. The van der Waals surface area contributed by atoms with Crippen LogP contribution < -0.4 is 5.32 Å². The molecule has 1 aliphatic rings. The summed E-state index contributed by atoms with van der Waals surface area (Å²) in [7, 11) is 0. The number of carbonyl (C=O) groups excluding carboxylic acids is 2. The lowest BCUT2D eigenvalue weighted by Gasteiger charge is -2.41. The Morgan fingerprint density at radius 3 is 1.66 bits per heavy atom. The SMILES string of the molecule is CC/C=C\C/C=C\C/C=C\C/C=C\C/C=C\CCC(O)C(=O)NC(COC1OC(CO)C(O)C(O)C1OC(=O)CCCCC\C=C/C=C\C=C\C=C\CC)C(O)/C=C/CCCCCCCCCCCCC. The first-order valence-electron chi connectivity index (χ1n) is 27.4. The molecule has 0 aromatic carbocycles. The Hall–Kier alpha value is -3.94. The fourth-order valence-corrected chi connectivity index (χ4v) is 7.63. The number of hydrogen-bond acceptors (Lipinski definition) is 10. The van der Waals surface area contributed by atoms with E-state index in [1.807, 2.05) is 54.7 Å². The molecule has 0 saturated carbocycles. The summed E-state index contributed by atoms with van der Waals surface area (Å²) in [6.45, 7) is 5.43. The van der Waals surface area contributed by atoms with Crippen molar-refractivity contribution in [3.63, 3.8) is 0 Å². The van der Waals surface area contributed by atoms with Crippen molar-refractivity contribution in [1.82, 2.24) is 5.32 Å². The van der Waals surface area contributed by atoms with E-state index in [0.717, 1.165) is 83.5 Å². The number of rotatable bonds is 43. The first-order valence-corrected chi connectivity index (χ1v) is 27.4. The van der Waals surface area contributed by atoms with E-state index in [4.69, 9.17) is 14.2 Å². The predicted octanol–water partition coefficient (Wildman–Crippen LogP) is 11.9. The highest BCUT2D eigenvalue weighted by atomic mass is 16.7. The molecule has 0 bridgehead atoms. The zero-order valence-electron chi connectivity index (χ0n) is 44.0. The van der Waals surface area contributed by atoms with E-state index in [1.54, 1.807) is 6.08 Å². The van der Waals surface area contributed by atoms with E-state index in [2.05, 4.69) is 86.8 Å². The van der Waals surface area contributed by atoms with Crippen LogP contribution in [0.3, 0.4) is 0 Å². The normalized spacial score (nSPS) is 20.6. The van der Waals surface area contributed by atoms with Crippen molar-refractivity contribution in [3.8, 4) is 0 Å². The second-order valence-electron chi connectivity index (χ2n) is 18.3. The topological polar surface area (TPSA) is 175 Å². The second kappa shape index (κ2) is 47.1. The molecule has 1 aliphatic heterocycles. The van der Waals surface area contributed by atoms with Crippen LogP contribution in [0, 0.1) is 0 Å². The minimum Gasteiger partial charge on any atom is -0.454 e. The van der Waals surface area contributed by atoms with Gasteiger partial charge in [0.25, 0.3) is 0 Å². The number of amides is 1. The molecule has 402 valence electrons. The molecule has 0 aromatic heterocycles. The number of unbranched alkanes of at least 4 members (excludes halogenated alkanes) is 14. The Kier molecular flexibility index (Phi) is 43.2. The van der Waals surface area contributed by atoms with E-state index in [9.17, 15) is 35.1 Å². The maximum absolute atomic E-state index is 13.3. The molecule has 1 fully saturated rings. The van der Waals surface area contributed by atoms with Gasteiger partial charge >= 0.3 is 5.97 Å². The van der Waals surface area contributed by atoms with Gasteiger partial charge in [-0.25, -0.2) is 0 Å². The monoisotopic (exact) mass is 992 g/mol. The molecular weight excluding hydrogens is 895 g/mol. The number of nitrogens with one attached hydrogen (secondary N) is 1. The van der Waals surface area contributed by atoms with Crippen molar-refractivity contribution in [3.05, 3.63) is 122 Å². The maximum Gasteiger partial charge on any atom is 0.306 e. The molecular formula is C60H97NO10. The van der Waals surface area contributed by atoms with Crippen molar-refractivity contribution >= 4 is 11.9 Å². The van der Waals surface area contributed by atoms with E-state index >= 15 is 0 Å². The number of aliphatic hydroxyl groups is 5. The summed E-state index contributed by atoms with van der Waals surface area (Å²) in [5.74, 6) is -1.31. The average Bonchev–Trinajstić information content (AvgIpc) is 3.37. The van der Waals surface area contributed by atoms with Crippen molar-refractivity contribution in [2.45, 2.75) is 230 Å². The van der Waals surface area contributed by atoms with E-state index < -0.39 is 67.4 Å². The molecule has 0 radical (unpaired) electrons. The van der Waals surface area contributed by atoms with Gasteiger partial charge in [-0.2, -0.15) is 0 Å². The highest BCUT2D eigenvalue weighted by molar-refractivity contribution is 5.80. The quantitative estimate of drug-likeness (QED) is 0.0149. The molecule has 1 saturated heterocycles. The van der Waals surface area contributed by atoms with Crippen LogP contribution in [0.4, 0.5) is 0 Å². The summed E-state index contributed by atoms with van der Waals surface area (Å²) in [5.41, 5.74) is 0. The standard InChI is InChI=1S/C60H97NO10/c1-4-7-10-13-16-19-22-25-26-27-30-32-35-38-41-44-47-53(64)59(68)61-51(52(63)46-43-40-37-34-31-28-23-20-17-14-11-8-5-2)50-69-60-58(57(67)56(66)54(49-62)70-60)71-55(65)48-45-42-39-36-33-29-24-21-18-15-12-9-6-3/h7,9-10,12,15-16,18-19,21,24-26,29-30,32-33,38,41,43,46,51-54,56-58,60,62-64,66-67H,4-6,8,11,13-14,17,20,22-23,27-28,31,34-37,39-40,42,44-45,47-50H2,1-3H3,(H,61,68)/b10-7-,12-9+,18-15+,19-16-,24-21-,26-25-,32-30-,33-29-,41-38-,46-43+. The zero-order valence-corrected chi connectivity index (χ0v) is 44.0. The molecule has 6 N–H and O–H groups in total. The zero-order chi connectivity index (χ0) is 51.8. The molecule has 8 atom stereocenters. The fourth-order valence-electron chi connectivity index (χ4n) is 7.63. The summed E-state index contributed by atoms with van der Waals surface area (Å²) in [6.07, 6.45) is 54.0. The molecule has 0 spiro atoms. The molecule has 0 aliphatic carbocycles. The van der Waals surface area contributed by atoms with Crippen molar-refractivity contribution < 1.29 is 49.3 Å². The molecule has 0 aromatic rings. The molecule has 1 amide bonds. The average molecular weight is 992 g/mol. The number of esters is 1. The first kappa shape index (κ1) is 65.1. The van der Waals surface area contributed by atoms with Crippen molar-refractivity contribution in [2.24, 2.45) is 0 Å². The number of hydrogen-bond donors (Lipinski definition) is 6. The second-order valence-corrected chi connectivity index (χ2v) is 18.3. The number of aliphatic hydroxyl groups excluding tert-OH is 5. The molecule has 11 nitrogen and oxygen atoms in total. The smallest absolute Gasteiger partial charge is 0.306 e. The van der Waals surface area contributed by atoms with Crippen LogP contribution in [0.25, 0.3) is 0 Å². The van der Waals surface area contributed by atoms with Crippen LogP contribution in [0.2, 0.25) is 0 Å². The lowest BCUT2D eigenvalue weighted by molar-refractivity contribution is -0.305. The largest absolute Gasteiger partial charge is 0.454 e. The van der Waals surface area contributed by atoms with Gasteiger partial charge in [0.05, 0.1) is 25.4 Å². The molecule has 1 rings (SSSR count). The Morgan fingerprint density at radius 2 is 1.08 bits per heavy atom. The summed E-state index contributed by atoms with van der Waals surface area (Å²) in [5, 5.41) is 56.6. The fraction of sp³-hybridized carbons (Fsp3) is 0.633. The van der Waals surface area contributed by atoms with Gasteiger partial charge in [-0.05, 0) is 83.5 Å². The highest BCUT2D eigenvalue weighted by Crippen LogP contribution is 2.26. The van der Waals surface area contributed by atoms with Gasteiger partial charge in [-0.1, -0.05) is 213 Å². The van der Waals surface area contributed by atoms with Crippen LogP contribution in [0.5, 0.6) is 0 Å². The third kappa shape index (κ3) is 35.8. The number of carbonyl (C=O) groups is 2. The predicted molar refractivity (Wildman–Crippen MR) is 291 cm³/mol. The molecule has 71 heavy (non-hydrogen) atoms. The van der Waals surface area contributed by atoms with Crippen LogP contribution in [-0.4, -0.2) is 99.6 Å². The number of ether oxygens (including phenoxy) is 3. The maximum atomic E-state index is 13.3. The lowest BCUT2D eigenvalue weighted by atomic mass is 9.99. The van der Waals surface area contributed by atoms with Gasteiger partial charge < -0.3 is 45.1 Å². The Balaban J connectivity index is 2.85. The first-order chi connectivity index (χ1) is 34.7. The third-order valence-electron chi connectivity index (χ3n) is 12.0. The van der Waals surface area contributed by atoms with E-state index in [1.165, 1.54) is 51.4 Å². The lowest BCUT2D eigenvalue weighted by Crippen LogP contribution is -2.61.